The van der Waals surface area contributed by atoms with Gasteiger partial charge in [-0.1, -0.05) is 24.3 Å². The molecule has 0 bridgehead atoms. The SMILES string of the molecule is Cc1cccc(Nc2ncnc(NNC(=O)c3ccccc3F)c2[N+](=O)[O-])c1. The lowest BCUT2D eigenvalue weighted by Gasteiger charge is -2.11. The van der Waals surface area contributed by atoms with Crippen LogP contribution in [-0.2, 0) is 0 Å². The molecule has 3 rings (SSSR count). The molecule has 0 fully saturated rings. The molecule has 0 radical (unpaired) electrons. The standard InChI is InChI=1S/C18H15FN6O3/c1-11-5-4-6-12(9-11)22-16-15(25(27)28)17(21-10-20-16)23-24-18(26)13-7-2-3-8-14(13)19/h2-10H,1H3,(H,24,26)(H2,20,21,22,23). The number of nitrogens with zero attached hydrogens (tertiary/aromatic N) is 3. The zero-order valence-corrected chi connectivity index (χ0v) is 14.6. The van der Waals surface area contributed by atoms with Gasteiger partial charge in [0.15, 0.2) is 0 Å². The van der Waals surface area contributed by atoms with Gasteiger partial charge < -0.3 is 5.32 Å². The summed E-state index contributed by atoms with van der Waals surface area (Å²) < 4.78 is 13.7. The van der Waals surface area contributed by atoms with E-state index >= 15 is 0 Å². The quantitative estimate of drug-likeness (QED) is 0.441. The van der Waals surface area contributed by atoms with Crippen LogP contribution in [0.15, 0.2) is 54.9 Å². The van der Waals surface area contributed by atoms with Crippen molar-refractivity contribution in [2.75, 3.05) is 10.7 Å². The Kier molecular flexibility index (Phi) is 5.40. The Bertz CT molecular complexity index is 1040. The number of nitrogens with one attached hydrogen (secondary N) is 3. The van der Waals surface area contributed by atoms with Gasteiger partial charge in [0.05, 0.1) is 10.5 Å². The lowest BCUT2D eigenvalue weighted by atomic mass is 10.2. The number of amides is 1. The molecule has 1 heterocycles. The Morgan fingerprint density at radius 3 is 2.57 bits per heavy atom. The Balaban J connectivity index is 1.84. The number of benzene rings is 2. The van der Waals surface area contributed by atoms with Crippen LogP contribution in [0, 0.1) is 22.9 Å². The van der Waals surface area contributed by atoms with E-state index in [-0.39, 0.29) is 17.2 Å². The van der Waals surface area contributed by atoms with E-state index in [1.807, 2.05) is 13.0 Å². The second-order valence-electron chi connectivity index (χ2n) is 5.73. The highest BCUT2D eigenvalue weighted by atomic mass is 19.1. The van der Waals surface area contributed by atoms with Crippen molar-refractivity contribution in [2.45, 2.75) is 6.92 Å². The van der Waals surface area contributed by atoms with Crippen molar-refractivity contribution in [1.29, 1.82) is 0 Å². The average molecular weight is 382 g/mol. The molecule has 0 aliphatic rings. The minimum absolute atomic E-state index is 0.0618. The number of hydrogen-bond acceptors (Lipinski definition) is 7. The van der Waals surface area contributed by atoms with Gasteiger partial charge in [-0.3, -0.25) is 25.8 Å². The Hall–Kier alpha value is -4.08. The first-order valence-corrected chi connectivity index (χ1v) is 8.09. The Labute approximate surface area is 158 Å². The fourth-order valence-corrected chi connectivity index (χ4v) is 2.42. The van der Waals surface area contributed by atoms with Gasteiger partial charge in [0.25, 0.3) is 5.91 Å². The van der Waals surface area contributed by atoms with Crippen LogP contribution >= 0.6 is 0 Å². The molecule has 1 aromatic heterocycles. The molecule has 1 amide bonds. The van der Waals surface area contributed by atoms with E-state index in [1.165, 1.54) is 18.2 Å². The van der Waals surface area contributed by atoms with Crippen LogP contribution in [0.3, 0.4) is 0 Å². The molecule has 0 spiro atoms. The van der Waals surface area contributed by atoms with E-state index in [4.69, 9.17) is 0 Å². The normalized spacial score (nSPS) is 10.2. The van der Waals surface area contributed by atoms with Gasteiger partial charge in [-0.15, -0.1) is 0 Å². The zero-order chi connectivity index (χ0) is 20.1. The van der Waals surface area contributed by atoms with Crippen LogP contribution in [0.1, 0.15) is 15.9 Å². The maximum Gasteiger partial charge on any atom is 0.355 e. The summed E-state index contributed by atoms with van der Waals surface area (Å²) in [5.74, 6) is -1.84. The van der Waals surface area contributed by atoms with Crippen LogP contribution in [0.4, 0.5) is 27.4 Å². The highest BCUT2D eigenvalue weighted by molar-refractivity contribution is 5.95. The summed E-state index contributed by atoms with van der Waals surface area (Å²) in [6, 6.07) is 12.5. The summed E-state index contributed by atoms with van der Waals surface area (Å²) in [4.78, 5) is 30.7. The first kappa shape index (κ1) is 18.7. The second kappa shape index (κ2) is 8.08. The van der Waals surface area contributed by atoms with E-state index < -0.39 is 22.3 Å². The van der Waals surface area contributed by atoms with Gasteiger partial charge >= 0.3 is 5.69 Å². The zero-order valence-electron chi connectivity index (χ0n) is 14.6. The number of aryl methyl sites for hydroxylation is 1. The smallest absolute Gasteiger partial charge is 0.334 e. The number of hydrogen-bond donors (Lipinski definition) is 3. The fraction of sp³-hybridized carbons (Fsp3) is 0.0556. The number of nitro groups is 1. The Morgan fingerprint density at radius 2 is 1.86 bits per heavy atom. The number of carbonyl (C=O) groups excluding carboxylic acids is 1. The number of rotatable bonds is 6. The highest BCUT2D eigenvalue weighted by Crippen LogP contribution is 2.30. The first-order chi connectivity index (χ1) is 13.5. The average Bonchev–Trinajstić information content (AvgIpc) is 2.66. The largest absolute Gasteiger partial charge is 0.355 e. The van der Waals surface area contributed by atoms with E-state index in [0.29, 0.717) is 5.69 Å². The predicted octanol–water partition coefficient (Wildman–Crippen LogP) is 3.33. The molecule has 0 saturated carbocycles. The summed E-state index contributed by atoms with van der Waals surface area (Å²) in [6.07, 6.45) is 1.10. The summed E-state index contributed by atoms with van der Waals surface area (Å²) in [5.41, 5.74) is 5.42. The molecular formula is C18H15FN6O3. The van der Waals surface area contributed by atoms with Crippen molar-refractivity contribution in [3.63, 3.8) is 0 Å². The topological polar surface area (TPSA) is 122 Å². The second-order valence-corrected chi connectivity index (χ2v) is 5.73. The van der Waals surface area contributed by atoms with Crippen LogP contribution in [0.25, 0.3) is 0 Å². The summed E-state index contributed by atoms with van der Waals surface area (Å²) >= 11 is 0. The molecule has 3 aromatic rings. The van der Waals surface area contributed by atoms with Crippen LogP contribution < -0.4 is 16.2 Å². The molecule has 2 aromatic carbocycles. The first-order valence-electron chi connectivity index (χ1n) is 8.09. The van der Waals surface area contributed by atoms with Crippen molar-refractivity contribution in [3.8, 4) is 0 Å². The number of hydrazine groups is 1. The molecule has 9 nitrogen and oxygen atoms in total. The molecule has 28 heavy (non-hydrogen) atoms. The fourth-order valence-electron chi connectivity index (χ4n) is 2.42. The van der Waals surface area contributed by atoms with E-state index in [9.17, 15) is 19.3 Å². The van der Waals surface area contributed by atoms with Crippen molar-refractivity contribution in [2.24, 2.45) is 0 Å². The van der Waals surface area contributed by atoms with Crippen molar-refractivity contribution < 1.29 is 14.1 Å². The molecule has 0 aliphatic heterocycles. The van der Waals surface area contributed by atoms with Gasteiger partial charge in [0.1, 0.15) is 12.1 Å². The number of anilines is 3. The lowest BCUT2D eigenvalue weighted by molar-refractivity contribution is -0.383. The number of carbonyl (C=O) groups is 1. The molecule has 10 heteroatoms. The van der Waals surface area contributed by atoms with Crippen LogP contribution in [0.2, 0.25) is 0 Å². The third-order valence-corrected chi connectivity index (χ3v) is 3.70. The maximum absolute atomic E-state index is 13.7. The van der Waals surface area contributed by atoms with E-state index in [0.717, 1.165) is 18.0 Å². The van der Waals surface area contributed by atoms with E-state index in [2.05, 4.69) is 26.1 Å². The van der Waals surface area contributed by atoms with Gasteiger partial charge in [0, 0.05) is 5.69 Å². The molecule has 3 N–H and O–H groups in total. The summed E-state index contributed by atoms with van der Waals surface area (Å²) in [5, 5.41) is 14.4. The van der Waals surface area contributed by atoms with Gasteiger partial charge in [0.2, 0.25) is 11.6 Å². The molecule has 0 unspecified atom stereocenters. The van der Waals surface area contributed by atoms with Crippen molar-refractivity contribution >= 4 is 28.9 Å². The van der Waals surface area contributed by atoms with Gasteiger partial charge in [-0.2, -0.15) is 0 Å². The maximum atomic E-state index is 13.7. The number of halogens is 1. The van der Waals surface area contributed by atoms with Gasteiger partial charge in [-0.25, -0.2) is 14.4 Å². The van der Waals surface area contributed by atoms with Crippen molar-refractivity contribution in [3.05, 3.63) is 81.9 Å². The molecular weight excluding hydrogens is 367 g/mol. The lowest BCUT2D eigenvalue weighted by Crippen LogP contribution is -2.31. The molecule has 0 aliphatic carbocycles. The summed E-state index contributed by atoms with van der Waals surface area (Å²) in [7, 11) is 0. The number of aromatic nitrogens is 2. The minimum atomic E-state index is -0.806. The van der Waals surface area contributed by atoms with Crippen molar-refractivity contribution in [1.82, 2.24) is 15.4 Å². The summed E-state index contributed by atoms with van der Waals surface area (Å²) in [6.45, 7) is 1.88. The third-order valence-electron chi connectivity index (χ3n) is 3.70. The Morgan fingerprint density at radius 1 is 1.11 bits per heavy atom. The molecule has 0 atom stereocenters. The van der Waals surface area contributed by atoms with Crippen LogP contribution in [-0.4, -0.2) is 20.8 Å². The molecule has 0 saturated heterocycles. The third kappa shape index (κ3) is 4.18. The van der Waals surface area contributed by atoms with E-state index in [1.54, 1.807) is 18.2 Å². The van der Waals surface area contributed by atoms with Gasteiger partial charge in [-0.05, 0) is 36.8 Å². The minimum Gasteiger partial charge on any atom is -0.334 e. The van der Waals surface area contributed by atoms with Crippen LogP contribution in [0.5, 0.6) is 0 Å². The predicted molar refractivity (Wildman–Crippen MR) is 101 cm³/mol. The highest BCUT2D eigenvalue weighted by Gasteiger charge is 2.24. The molecule has 142 valence electrons. The monoisotopic (exact) mass is 382 g/mol.